The molecule has 0 aliphatic carbocycles. The van der Waals surface area contributed by atoms with E-state index in [1.807, 2.05) is 6.92 Å². The average Bonchev–Trinajstić information content (AvgIpc) is 3.02. The third-order valence-electron chi connectivity index (χ3n) is 4.78. The number of halogens is 2. The second-order valence-electron chi connectivity index (χ2n) is 6.84. The lowest BCUT2D eigenvalue weighted by molar-refractivity contribution is 0.102. The van der Waals surface area contributed by atoms with Crippen LogP contribution in [-0.2, 0) is 7.05 Å². The van der Waals surface area contributed by atoms with Gasteiger partial charge in [-0.15, -0.1) is 0 Å². The smallest absolute Gasteiger partial charge is 0.333 e. The Labute approximate surface area is 174 Å². The van der Waals surface area contributed by atoms with E-state index in [1.54, 1.807) is 25.2 Å². The molecule has 2 aromatic carbocycles. The van der Waals surface area contributed by atoms with Crippen molar-refractivity contribution in [2.75, 3.05) is 5.32 Å². The Hall–Kier alpha value is -3.65. The lowest BCUT2D eigenvalue weighted by Gasteiger charge is -2.07. The van der Waals surface area contributed by atoms with E-state index in [9.17, 15) is 18.8 Å². The standard InChI is InChI=1S/C21H16ClFN4O3/c1-11-3-6-13(9-16(11)22)24-19(28)15-10-26(2)18-17(15)25-21(30)27(20(18)29)14-7-4-12(23)5-8-14/h3-10H,1-2H3,(H,24,28)(H,25,30). The minimum atomic E-state index is -0.738. The number of rotatable bonds is 3. The molecule has 0 saturated heterocycles. The van der Waals surface area contributed by atoms with E-state index in [2.05, 4.69) is 10.3 Å². The van der Waals surface area contributed by atoms with Gasteiger partial charge in [-0.2, -0.15) is 0 Å². The summed E-state index contributed by atoms with van der Waals surface area (Å²) < 4.78 is 15.6. The van der Waals surface area contributed by atoms with Gasteiger partial charge in [0.05, 0.1) is 16.8 Å². The summed E-state index contributed by atoms with van der Waals surface area (Å²) in [6.07, 6.45) is 1.46. The van der Waals surface area contributed by atoms with E-state index in [0.717, 1.165) is 22.3 Å². The van der Waals surface area contributed by atoms with Gasteiger partial charge in [0.25, 0.3) is 11.5 Å². The number of nitrogens with zero attached hydrogens (tertiary/aromatic N) is 2. The first-order chi connectivity index (χ1) is 14.3. The number of benzene rings is 2. The number of fused-ring (bicyclic) bond motifs is 1. The number of anilines is 1. The summed E-state index contributed by atoms with van der Waals surface area (Å²) in [5.74, 6) is -0.992. The summed E-state index contributed by atoms with van der Waals surface area (Å²) in [6.45, 7) is 1.84. The molecule has 4 rings (SSSR count). The monoisotopic (exact) mass is 426 g/mol. The average molecular weight is 427 g/mol. The van der Waals surface area contributed by atoms with Crippen molar-refractivity contribution in [3.05, 3.63) is 91.5 Å². The molecule has 2 aromatic heterocycles. The van der Waals surface area contributed by atoms with E-state index >= 15 is 0 Å². The molecule has 2 heterocycles. The van der Waals surface area contributed by atoms with Gasteiger partial charge in [-0.25, -0.2) is 13.8 Å². The molecule has 9 heteroatoms. The molecule has 30 heavy (non-hydrogen) atoms. The molecule has 1 amide bonds. The van der Waals surface area contributed by atoms with Crippen LogP contribution in [0.3, 0.4) is 0 Å². The summed E-state index contributed by atoms with van der Waals surface area (Å²) in [4.78, 5) is 41.0. The Morgan fingerprint density at radius 1 is 1.13 bits per heavy atom. The van der Waals surface area contributed by atoms with Crippen molar-refractivity contribution in [2.45, 2.75) is 6.92 Å². The normalized spacial score (nSPS) is 11.1. The van der Waals surface area contributed by atoms with E-state index in [0.29, 0.717) is 10.7 Å². The minimum absolute atomic E-state index is 0.113. The van der Waals surface area contributed by atoms with Crippen molar-refractivity contribution in [1.29, 1.82) is 0 Å². The molecular weight excluding hydrogens is 411 g/mol. The van der Waals surface area contributed by atoms with Crippen LogP contribution < -0.4 is 16.6 Å². The molecule has 2 N–H and O–H groups in total. The zero-order valence-corrected chi connectivity index (χ0v) is 16.7. The van der Waals surface area contributed by atoms with E-state index in [1.165, 1.54) is 22.9 Å². The molecule has 0 bridgehead atoms. The summed E-state index contributed by atoms with van der Waals surface area (Å²) in [6, 6.07) is 10.1. The minimum Gasteiger partial charge on any atom is -0.344 e. The maximum atomic E-state index is 13.2. The highest BCUT2D eigenvalue weighted by Gasteiger charge is 2.20. The quantitative estimate of drug-likeness (QED) is 0.526. The summed E-state index contributed by atoms with van der Waals surface area (Å²) in [7, 11) is 1.59. The number of carbonyl (C=O) groups is 1. The van der Waals surface area contributed by atoms with Gasteiger partial charge < -0.3 is 14.9 Å². The largest absolute Gasteiger partial charge is 0.344 e. The fourth-order valence-corrected chi connectivity index (χ4v) is 3.42. The highest BCUT2D eigenvalue weighted by Crippen LogP contribution is 2.22. The molecule has 0 unspecified atom stereocenters. The van der Waals surface area contributed by atoms with Crippen LogP contribution in [0.2, 0.25) is 5.02 Å². The number of aromatic nitrogens is 3. The molecule has 152 valence electrons. The van der Waals surface area contributed by atoms with Crippen LogP contribution >= 0.6 is 11.6 Å². The molecule has 0 spiro atoms. The second-order valence-corrected chi connectivity index (χ2v) is 7.25. The van der Waals surface area contributed by atoms with Gasteiger partial charge in [0.2, 0.25) is 0 Å². The van der Waals surface area contributed by atoms with E-state index in [-0.39, 0.29) is 22.3 Å². The maximum Gasteiger partial charge on any atom is 0.333 e. The first kappa shape index (κ1) is 19.7. The van der Waals surface area contributed by atoms with Crippen molar-refractivity contribution < 1.29 is 9.18 Å². The number of carbonyl (C=O) groups excluding carboxylic acids is 1. The zero-order valence-electron chi connectivity index (χ0n) is 16.0. The van der Waals surface area contributed by atoms with Gasteiger partial charge in [0.15, 0.2) is 0 Å². The molecule has 0 radical (unpaired) electrons. The van der Waals surface area contributed by atoms with Crippen molar-refractivity contribution in [2.24, 2.45) is 7.05 Å². The number of amides is 1. The van der Waals surface area contributed by atoms with Crippen LogP contribution in [-0.4, -0.2) is 20.0 Å². The lowest BCUT2D eigenvalue weighted by atomic mass is 10.2. The molecular formula is C21H16ClFN4O3. The number of aromatic amines is 1. The summed E-state index contributed by atoms with van der Waals surface area (Å²) in [5.41, 5.74) is 0.571. The topological polar surface area (TPSA) is 88.9 Å². The number of hydrogen-bond donors (Lipinski definition) is 2. The van der Waals surface area contributed by atoms with Crippen LogP contribution in [0.15, 0.2) is 58.3 Å². The Morgan fingerprint density at radius 3 is 2.50 bits per heavy atom. The highest BCUT2D eigenvalue weighted by atomic mass is 35.5. The number of hydrogen-bond acceptors (Lipinski definition) is 3. The fourth-order valence-electron chi connectivity index (χ4n) is 3.24. The fraction of sp³-hybridized carbons (Fsp3) is 0.0952. The molecule has 0 aliphatic heterocycles. The number of aryl methyl sites for hydroxylation is 2. The molecule has 0 atom stereocenters. The first-order valence-electron chi connectivity index (χ1n) is 8.94. The van der Waals surface area contributed by atoms with Crippen LogP contribution in [0.25, 0.3) is 16.7 Å². The Bertz CT molecular complexity index is 1420. The van der Waals surface area contributed by atoms with E-state index in [4.69, 9.17) is 11.6 Å². The number of nitrogens with one attached hydrogen (secondary N) is 2. The predicted octanol–water partition coefficient (Wildman–Crippen LogP) is 3.37. The molecule has 0 fully saturated rings. The van der Waals surface area contributed by atoms with Gasteiger partial charge in [-0.3, -0.25) is 9.59 Å². The van der Waals surface area contributed by atoms with Crippen LogP contribution in [0.4, 0.5) is 10.1 Å². The van der Waals surface area contributed by atoms with Crippen molar-refractivity contribution in [1.82, 2.24) is 14.1 Å². The third kappa shape index (κ3) is 3.31. The van der Waals surface area contributed by atoms with Gasteiger partial charge in [0.1, 0.15) is 11.3 Å². The van der Waals surface area contributed by atoms with Gasteiger partial charge in [-0.1, -0.05) is 17.7 Å². The van der Waals surface area contributed by atoms with Gasteiger partial charge in [-0.05, 0) is 48.9 Å². The predicted molar refractivity (Wildman–Crippen MR) is 113 cm³/mol. The SMILES string of the molecule is Cc1ccc(NC(=O)c2cn(C)c3c(=O)n(-c4ccc(F)cc4)c(=O)[nH]c23)cc1Cl. The third-order valence-corrected chi connectivity index (χ3v) is 5.19. The summed E-state index contributed by atoms with van der Waals surface area (Å²) >= 11 is 6.10. The van der Waals surface area contributed by atoms with E-state index < -0.39 is 23.0 Å². The first-order valence-corrected chi connectivity index (χ1v) is 9.32. The molecule has 4 aromatic rings. The second kappa shape index (κ2) is 7.31. The van der Waals surface area contributed by atoms with Gasteiger partial charge in [0, 0.05) is 24.0 Å². The molecule has 0 saturated carbocycles. The molecule has 0 aliphatic rings. The highest BCUT2D eigenvalue weighted by molar-refractivity contribution is 6.31. The van der Waals surface area contributed by atoms with Crippen LogP contribution in [0, 0.1) is 12.7 Å². The Morgan fingerprint density at radius 2 is 1.83 bits per heavy atom. The van der Waals surface area contributed by atoms with Crippen LogP contribution in [0.5, 0.6) is 0 Å². The van der Waals surface area contributed by atoms with Crippen LogP contribution in [0.1, 0.15) is 15.9 Å². The molecule has 7 nitrogen and oxygen atoms in total. The Kier molecular flexibility index (Phi) is 4.79. The Balaban J connectivity index is 1.82. The number of H-pyrrole nitrogens is 1. The summed E-state index contributed by atoms with van der Waals surface area (Å²) in [5, 5.41) is 3.22. The maximum absolute atomic E-state index is 13.2. The van der Waals surface area contributed by atoms with Crippen molar-refractivity contribution in [3.8, 4) is 5.69 Å². The van der Waals surface area contributed by atoms with Crippen molar-refractivity contribution >= 4 is 34.2 Å². The van der Waals surface area contributed by atoms with Gasteiger partial charge >= 0.3 is 5.69 Å². The zero-order chi connectivity index (χ0) is 21.6. The van der Waals surface area contributed by atoms with Crippen molar-refractivity contribution in [3.63, 3.8) is 0 Å². The lowest BCUT2D eigenvalue weighted by Crippen LogP contribution is -2.34.